The number of benzene rings is 1. The molecule has 2 saturated carbocycles. The van der Waals surface area contributed by atoms with Crippen molar-refractivity contribution in [1.29, 1.82) is 0 Å². The lowest BCUT2D eigenvalue weighted by molar-refractivity contribution is -0.137. The second-order valence-corrected chi connectivity index (χ2v) is 12.9. The van der Waals surface area contributed by atoms with Gasteiger partial charge in [-0.1, -0.05) is 19.4 Å². The molecule has 2 saturated heterocycles. The average molecular weight is 506 g/mol. The van der Waals surface area contributed by atoms with Crippen molar-refractivity contribution in [3.05, 3.63) is 35.5 Å². The number of carbonyl (C=O) groups is 2. The minimum absolute atomic E-state index is 0.0452. The number of rotatable bonds is 3. The molecule has 2 heterocycles. The number of fused-ring (bicyclic) bond motifs is 5. The van der Waals surface area contributed by atoms with Gasteiger partial charge in [-0.05, 0) is 92.9 Å². The second kappa shape index (κ2) is 9.14. The van der Waals surface area contributed by atoms with Crippen molar-refractivity contribution in [2.75, 3.05) is 43.6 Å². The normalized spacial score (nSPS) is 37.7. The molecule has 2 aliphatic heterocycles. The highest BCUT2D eigenvalue weighted by Crippen LogP contribution is 2.66. The van der Waals surface area contributed by atoms with E-state index in [9.17, 15) is 9.59 Å². The van der Waals surface area contributed by atoms with Crippen molar-refractivity contribution in [2.24, 2.45) is 34.5 Å². The Bertz CT molecular complexity index is 1110. The summed E-state index contributed by atoms with van der Waals surface area (Å²) >= 11 is 0. The highest BCUT2D eigenvalue weighted by atomic mass is 16.5. The monoisotopic (exact) mass is 505 g/mol. The van der Waals surface area contributed by atoms with Gasteiger partial charge in [0.1, 0.15) is 0 Å². The van der Waals surface area contributed by atoms with Gasteiger partial charge in [-0.25, -0.2) is 0 Å². The molecule has 1 aromatic carbocycles. The van der Waals surface area contributed by atoms with E-state index in [0.29, 0.717) is 24.2 Å². The van der Waals surface area contributed by atoms with Crippen LogP contribution < -0.4 is 10.2 Å². The summed E-state index contributed by atoms with van der Waals surface area (Å²) in [7, 11) is 1.98. The van der Waals surface area contributed by atoms with Crippen molar-refractivity contribution < 1.29 is 14.3 Å². The lowest BCUT2D eigenvalue weighted by Crippen LogP contribution is -2.54. The van der Waals surface area contributed by atoms with E-state index in [0.717, 1.165) is 70.5 Å². The first-order valence-corrected chi connectivity index (χ1v) is 14.4. The number of carbonyl (C=O) groups excluding carboxylic acids is 2. The van der Waals surface area contributed by atoms with Crippen molar-refractivity contribution in [1.82, 2.24) is 4.90 Å². The molecular weight excluding hydrogens is 462 g/mol. The van der Waals surface area contributed by atoms with E-state index in [4.69, 9.17) is 4.74 Å². The highest BCUT2D eigenvalue weighted by Gasteiger charge is 2.61. The predicted octanol–water partition coefficient (Wildman–Crippen LogP) is 5.46. The third kappa shape index (κ3) is 3.93. The van der Waals surface area contributed by atoms with Gasteiger partial charge in [0.2, 0.25) is 11.8 Å². The number of likely N-dealkylation sites (tertiary alicyclic amines) is 1. The first kappa shape index (κ1) is 25.0. The molecule has 37 heavy (non-hydrogen) atoms. The Morgan fingerprint density at radius 1 is 1.03 bits per heavy atom. The van der Waals surface area contributed by atoms with Gasteiger partial charge in [0, 0.05) is 55.0 Å². The number of ether oxygens (including phenoxy) is 1. The lowest BCUT2D eigenvalue weighted by Gasteiger charge is -2.59. The van der Waals surface area contributed by atoms with Crippen LogP contribution >= 0.6 is 0 Å². The zero-order valence-electron chi connectivity index (χ0n) is 23.0. The molecule has 6 nitrogen and oxygen atoms in total. The number of hydrogen-bond acceptors (Lipinski definition) is 4. The van der Waals surface area contributed by atoms with Gasteiger partial charge < -0.3 is 19.9 Å². The van der Waals surface area contributed by atoms with Gasteiger partial charge in [0.05, 0.1) is 13.2 Å². The molecule has 1 aromatic rings. The van der Waals surface area contributed by atoms with E-state index in [-0.39, 0.29) is 28.6 Å². The Labute approximate surface area is 221 Å². The van der Waals surface area contributed by atoms with Crippen LogP contribution in [0.15, 0.2) is 35.5 Å². The Morgan fingerprint density at radius 2 is 1.76 bits per heavy atom. The molecule has 0 bridgehead atoms. The van der Waals surface area contributed by atoms with Crippen molar-refractivity contribution in [2.45, 2.75) is 65.7 Å². The summed E-state index contributed by atoms with van der Waals surface area (Å²) in [5, 5.41) is 3.28. The molecule has 4 fully saturated rings. The summed E-state index contributed by atoms with van der Waals surface area (Å²) in [5.41, 5.74) is 4.92. The van der Waals surface area contributed by atoms with Crippen LogP contribution in [0.25, 0.3) is 0 Å². The van der Waals surface area contributed by atoms with E-state index in [1.807, 2.05) is 24.1 Å². The molecule has 6 rings (SSSR count). The Morgan fingerprint density at radius 3 is 2.49 bits per heavy atom. The number of piperidine rings is 1. The van der Waals surface area contributed by atoms with Crippen LogP contribution in [-0.4, -0.2) is 50.1 Å². The summed E-state index contributed by atoms with van der Waals surface area (Å²) in [6.45, 7) is 10.5. The number of amides is 2. The van der Waals surface area contributed by atoms with E-state index in [1.165, 1.54) is 17.0 Å². The molecule has 0 radical (unpaired) electrons. The van der Waals surface area contributed by atoms with E-state index < -0.39 is 0 Å². The van der Waals surface area contributed by atoms with Crippen LogP contribution in [0, 0.1) is 34.5 Å². The van der Waals surface area contributed by atoms with Crippen molar-refractivity contribution in [3.63, 3.8) is 0 Å². The predicted molar refractivity (Wildman–Crippen MR) is 146 cm³/mol. The van der Waals surface area contributed by atoms with Crippen LogP contribution in [-0.2, 0) is 14.3 Å². The number of nitrogens with one attached hydrogen (secondary N) is 1. The molecule has 6 atom stereocenters. The quantitative estimate of drug-likeness (QED) is 0.593. The molecule has 0 spiro atoms. The van der Waals surface area contributed by atoms with Crippen LogP contribution in [0.4, 0.5) is 11.4 Å². The van der Waals surface area contributed by atoms with E-state index >= 15 is 0 Å². The molecular formula is C31H43N3O3. The zero-order chi connectivity index (χ0) is 25.9. The summed E-state index contributed by atoms with van der Waals surface area (Å²) in [5.74, 6) is 2.31. The summed E-state index contributed by atoms with van der Waals surface area (Å²) in [6, 6.07) is 8.33. The average Bonchev–Trinajstić information content (AvgIpc) is 3.25. The minimum atomic E-state index is 0.0452. The maximum Gasteiger partial charge on any atom is 0.228 e. The van der Waals surface area contributed by atoms with Crippen LogP contribution in [0.1, 0.15) is 65.7 Å². The zero-order valence-corrected chi connectivity index (χ0v) is 23.0. The van der Waals surface area contributed by atoms with Crippen molar-refractivity contribution in [3.8, 4) is 0 Å². The molecule has 1 unspecified atom stereocenters. The van der Waals surface area contributed by atoms with Gasteiger partial charge in [0.25, 0.3) is 0 Å². The van der Waals surface area contributed by atoms with E-state index in [2.05, 4.69) is 43.1 Å². The number of nitrogens with zero attached hydrogens (tertiary/aromatic N) is 2. The fourth-order valence-corrected chi connectivity index (χ4v) is 9.35. The summed E-state index contributed by atoms with van der Waals surface area (Å²) in [4.78, 5) is 30.5. The number of morpholine rings is 1. The first-order valence-electron chi connectivity index (χ1n) is 14.4. The van der Waals surface area contributed by atoms with Crippen LogP contribution in [0.5, 0.6) is 0 Å². The van der Waals surface area contributed by atoms with Gasteiger partial charge in [0.15, 0.2) is 0 Å². The second-order valence-electron chi connectivity index (χ2n) is 12.9. The van der Waals surface area contributed by atoms with E-state index in [1.54, 1.807) is 0 Å². The van der Waals surface area contributed by atoms with Crippen molar-refractivity contribution >= 4 is 23.2 Å². The number of allylic oxidation sites excluding steroid dienone is 2. The molecule has 6 heteroatoms. The smallest absolute Gasteiger partial charge is 0.228 e. The number of hydrogen-bond donors (Lipinski definition) is 1. The molecule has 5 aliphatic rings. The largest absolute Gasteiger partial charge is 0.378 e. The van der Waals surface area contributed by atoms with Gasteiger partial charge in [-0.3, -0.25) is 9.59 Å². The third-order valence-electron chi connectivity index (χ3n) is 11.1. The maximum absolute atomic E-state index is 13.7. The highest BCUT2D eigenvalue weighted by molar-refractivity contribution is 5.93. The maximum atomic E-state index is 13.7. The van der Waals surface area contributed by atoms with Gasteiger partial charge in [-0.15, -0.1) is 0 Å². The molecule has 2 amide bonds. The lowest BCUT2D eigenvalue weighted by atomic mass is 9.48. The standard InChI is InChI=1S/C31H43N3O3/c1-20-19-23-24-9-10-26(29(36)32-21-5-7-22(8-6-21)34-15-17-37-18-16-34)30(24,2)13-11-25(23)31(3)14-12-27(35)33(4)28(20)31/h5-8,23-26H,9-19H2,1-4H3,(H,32,36)/t23-,24-,25+,26?,30-,31+/m0/s1. The fourth-order valence-electron chi connectivity index (χ4n) is 9.35. The molecule has 200 valence electrons. The first-order chi connectivity index (χ1) is 17.7. The number of anilines is 2. The molecule has 3 aliphatic carbocycles. The SMILES string of the molecule is CC1=C2N(C)C(=O)CC[C@]2(C)[C@@H]2CC[C@]3(C)C(C(=O)Nc4ccc(N5CCOCC5)cc4)CC[C@H]3[C@@H]2C1. The third-order valence-corrected chi connectivity index (χ3v) is 11.1. The summed E-state index contributed by atoms with van der Waals surface area (Å²) in [6.07, 6.45) is 7.08. The Hall–Kier alpha value is -2.34. The molecule has 0 aromatic heterocycles. The van der Waals surface area contributed by atoms with Crippen LogP contribution in [0.2, 0.25) is 0 Å². The fraction of sp³-hybridized carbons (Fsp3) is 0.677. The van der Waals surface area contributed by atoms with Gasteiger partial charge >= 0.3 is 0 Å². The van der Waals surface area contributed by atoms with Crippen LogP contribution in [0.3, 0.4) is 0 Å². The minimum Gasteiger partial charge on any atom is -0.378 e. The van der Waals surface area contributed by atoms with Gasteiger partial charge in [-0.2, -0.15) is 0 Å². The Kier molecular flexibility index (Phi) is 6.17. The topological polar surface area (TPSA) is 61.9 Å². The summed E-state index contributed by atoms with van der Waals surface area (Å²) < 4.78 is 5.47. The molecule has 1 N–H and O–H groups in total. The Balaban J connectivity index is 1.18.